The lowest BCUT2D eigenvalue weighted by molar-refractivity contribution is -0.116. The highest BCUT2D eigenvalue weighted by Gasteiger charge is 2.07. The maximum absolute atomic E-state index is 11.5. The molecule has 0 saturated carbocycles. The van der Waals surface area contributed by atoms with Gasteiger partial charge < -0.3 is 9.84 Å². The van der Waals surface area contributed by atoms with Gasteiger partial charge in [-0.05, 0) is 22.9 Å². The highest BCUT2D eigenvalue weighted by molar-refractivity contribution is 9.10. The van der Waals surface area contributed by atoms with Gasteiger partial charge in [-0.2, -0.15) is 5.10 Å². The van der Waals surface area contributed by atoms with Crippen molar-refractivity contribution < 1.29 is 9.32 Å². The highest BCUT2D eigenvalue weighted by atomic mass is 79.9. The van der Waals surface area contributed by atoms with Crippen molar-refractivity contribution in [3.63, 3.8) is 0 Å². The Kier molecular flexibility index (Phi) is 3.04. The Balaban J connectivity index is 1.94. The first-order valence-corrected chi connectivity index (χ1v) is 5.34. The van der Waals surface area contributed by atoms with Crippen LogP contribution < -0.4 is 5.32 Å². The molecule has 0 bridgehead atoms. The van der Waals surface area contributed by atoms with Gasteiger partial charge >= 0.3 is 0 Å². The summed E-state index contributed by atoms with van der Waals surface area (Å²) in [4.78, 5) is 11.5. The number of aryl methyl sites for hydroxylation is 1. The molecule has 0 aliphatic carbocycles. The number of rotatable bonds is 3. The fourth-order valence-corrected chi connectivity index (χ4v) is 1.51. The number of anilines is 1. The lowest BCUT2D eigenvalue weighted by Gasteiger charge is -2.00. The molecule has 2 aromatic heterocycles. The fraction of sp³-hybridized carbons (Fsp3) is 0.222. The number of amides is 1. The van der Waals surface area contributed by atoms with Crippen LogP contribution in [-0.4, -0.2) is 20.8 Å². The van der Waals surface area contributed by atoms with Crippen molar-refractivity contribution in [1.82, 2.24) is 14.9 Å². The number of hydrogen-bond donors (Lipinski definition) is 1. The molecular formula is C9H9BrN4O2. The van der Waals surface area contributed by atoms with Gasteiger partial charge in [0, 0.05) is 12.3 Å². The minimum atomic E-state index is -0.205. The average molecular weight is 285 g/mol. The Morgan fingerprint density at radius 1 is 1.69 bits per heavy atom. The number of aromatic nitrogens is 3. The van der Waals surface area contributed by atoms with E-state index in [0.717, 1.165) is 4.47 Å². The zero-order valence-electron chi connectivity index (χ0n) is 8.48. The Morgan fingerprint density at radius 3 is 3.06 bits per heavy atom. The monoisotopic (exact) mass is 284 g/mol. The standard InChI is InChI=1S/C9H9BrN4O2/c1-6-2-8(13-16-6)12-9(15)5-14-4-7(10)3-11-14/h2-4H,5H2,1H3,(H,12,13,15). The average Bonchev–Trinajstić information content (AvgIpc) is 2.76. The van der Waals surface area contributed by atoms with Crippen molar-refractivity contribution in [2.24, 2.45) is 0 Å². The van der Waals surface area contributed by atoms with Crippen LogP contribution in [0.5, 0.6) is 0 Å². The van der Waals surface area contributed by atoms with E-state index in [0.29, 0.717) is 11.6 Å². The second kappa shape index (κ2) is 4.48. The van der Waals surface area contributed by atoms with Gasteiger partial charge in [0.05, 0.1) is 10.7 Å². The van der Waals surface area contributed by atoms with Gasteiger partial charge in [-0.3, -0.25) is 9.48 Å². The van der Waals surface area contributed by atoms with Crippen LogP contribution >= 0.6 is 15.9 Å². The van der Waals surface area contributed by atoms with Crippen molar-refractivity contribution in [1.29, 1.82) is 0 Å². The molecule has 0 atom stereocenters. The summed E-state index contributed by atoms with van der Waals surface area (Å²) in [6, 6.07) is 1.65. The third kappa shape index (κ3) is 2.69. The van der Waals surface area contributed by atoms with E-state index in [1.807, 2.05) is 0 Å². The van der Waals surface area contributed by atoms with Crippen LogP contribution in [0.2, 0.25) is 0 Å². The molecule has 16 heavy (non-hydrogen) atoms. The molecule has 2 aromatic rings. The first kappa shape index (κ1) is 10.9. The quantitative estimate of drug-likeness (QED) is 0.929. The number of carbonyl (C=O) groups is 1. The number of carbonyl (C=O) groups excluding carboxylic acids is 1. The normalized spacial score (nSPS) is 10.4. The summed E-state index contributed by atoms with van der Waals surface area (Å²) >= 11 is 3.25. The summed E-state index contributed by atoms with van der Waals surface area (Å²) in [5.74, 6) is 0.856. The Bertz CT molecular complexity index is 461. The molecular weight excluding hydrogens is 276 g/mol. The van der Waals surface area contributed by atoms with E-state index in [4.69, 9.17) is 4.52 Å². The second-order valence-corrected chi connectivity index (χ2v) is 4.14. The van der Waals surface area contributed by atoms with Gasteiger partial charge in [0.25, 0.3) is 0 Å². The summed E-state index contributed by atoms with van der Waals surface area (Å²) in [5, 5.41) is 10.2. The predicted molar refractivity (Wildman–Crippen MR) is 59.8 cm³/mol. The Hall–Kier alpha value is -1.63. The van der Waals surface area contributed by atoms with Crippen molar-refractivity contribution in [2.45, 2.75) is 13.5 Å². The molecule has 0 aliphatic rings. The van der Waals surface area contributed by atoms with E-state index in [-0.39, 0.29) is 12.5 Å². The van der Waals surface area contributed by atoms with Crippen LogP contribution in [0.4, 0.5) is 5.82 Å². The summed E-state index contributed by atoms with van der Waals surface area (Å²) in [5.41, 5.74) is 0. The second-order valence-electron chi connectivity index (χ2n) is 3.23. The molecule has 7 heteroatoms. The molecule has 0 fully saturated rings. The molecule has 2 rings (SSSR count). The van der Waals surface area contributed by atoms with Gasteiger partial charge in [0.1, 0.15) is 12.3 Å². The number of nitrogens with zero attached hydrogens (tertiary/aromatic N) is 3. The van der Waals surface area contributed by atoms with Crippen LogP contribution in [0.3, 0.4) is 0 Å². The lowest BCUT2D eigenvalue weighted by atomic mass is 10.5. The zero-order valence-corrected chi connectivity index (χ0v) is 10.1. The summed E-state index contributed by atoms with van der Waals surface area (Å²) in [6.07, 6.45) is 3.33. The lowest BCUT2D eigenvalue weighted by Crippen LogP contribution is -2.19. The molecule has 0 aromatic carbocycles. The maximum atomic E-state index is 11.5. The van der Waals surface area contributed by atoms with Gasteiger partial charge in [0.2, 0.25) is 5.91 Å². The number of halogens is 1. The summed E-state index contributed by atoms with van der Waals surface area (Å²) in [6.45, 7) is 1.89. The Morgan fingerprint density at radius 2 is 2.50 bits per heavy atom. The first-order chi connectivity index (χ1) is 7.63. The molecule has 1 amide bonds. The molecule has 0 saturated heterocycles. The number of nitrogens with one attached hydrogen (secondary N) is 1. The molecule has 84 valence electrons. The largest absolute Gasteiger partial charge is 0.360 e. The van der Waals surface area contributed by atoms with Gasteiger partial charge in [-0.25, -0.2) is 0 Å². The van der Waals surface area contributed by atoms with Gasteiger partial charge in [-0.15, -0.1) is 0 Å². The van der Waals surface area contributed by atoms with Crippen LogP contribution in [0.1, 0.15) is 5.76 Å². The van der Waals surface area contributed by atoms with E-state index in [1.54, 1.807) is 25.4 Å². The van der Waals surface area contributed by atoms with E-state index < -0.39 is 0 Å². The topological polar surface area (TPSA) is 73.0 Å². The van der Waals surface area contributed by atoms with Crippen LogP contribution in [0.25, 0.3) is 0 Å². The number of hydrogen-bond acceptors (Lipinski definition) is 4. The fourth-order valence-electron chi connectivity index (χ4n) is 1.18. The molecule has 6 nitrogen and oxygen atoms in total. The molecule has 1 N–H and O–H groups in total. The van der Waals surface area contributed by atoms with E-state index >= 15 is 0 Å². The summed E-state index contributed by atoms with van der Waals surface area (Å²) < 4.78 is 7.18. The predicted octanol–water partition coefficient (Wildman–Crippen LogP) is 1.58. The summed E-state index contributed by atoms with van der Waals surface area (Å²) in [7, 11) is 0. The van der Waals surface area contributed by atoms with Crippen LogP contribution in [0.15, 0.2) is 27.5 Å². The minimum absolute atomic E-state index is 0.136. The highest BCUT2D eigenvalue weighted by Crippen LogP contribution is 2.08. The van der Waals surface area contributed by atoms with Crippen LogP contribution in [0, 0.1) is 6.92 Å². The van der Waals surface area contributed by atoms with Crippen molar-refractivity contribution in [3.05, 3.63) is 28.7 Å². The zero-order chi connectivity index (χ0) is 11.5. The maximum Gasteiger partial charge on any atom is 0.247 e. The molecule has 0 aliphatic heterocycles. The van der Waals surface area contributed by atoms with Crippen molar-refractivity contribution in [3.8, 4) is 0 Å². The third-order valence-corrected chi connectivity index (χ3v) is 2.21. The van der Waals surface area contributed by atoms with Crippen LogP contribution in [-0.2, 0) is 11.3 Å². The smallest absolute Gasteiger partial charge is 0.247 e. The SMILES string of the molecule is Cc1cc(NC(=O)Cn2cc(Br)cn2)no1. The molecule has 0 spiro atoms. The van der Waals surface area contributed by atoms with Gasteiger partial charge in [0.15, 0.2) is 5.82 Å². The first-order valence-electron chi connectivity index (χ1n) is 4.54. The minimum Gasteiger partial charge on any atom is -0.360 e. The van der Waals surface area contributed by atoms with Gasteiger partial charge in [-0.1, -0.05) is 5.16 Å². The van der Waals surface area contributed by atoms with Crippen molar-refractivity contribution >= 4 is 27.7 Å². The molecule has 0 unspecified atom stereocenters. The Labute approximate surface area is 99.7 Å². The van der Waals surface area contributed by atoms with E-state index in [1.165, 1.54) is 4.68 Å². The van der Waals surface area contributed by atoms with E-state index in [9.17, 15) is 4.79 Å². The van der Waals surface area contributed by atoms with E-state index in [2.05, 4.69) is 31.5 Å². The molecule has 2 heterocycles. The third-order valence-electron chi connectivity index (χ3n) is 1.80. The molecule has 0 radical (unpaired) electrons. The van der Waals surface area contributed by atoms with Crippen molar-refractivity contribution in [2.75, 3.05) is 5.32 Å².